The molecule has 1 amide bonds. The van der Waals surface area contributed by atoms with E-state index in [-0.39, 0.29) is 11.9 Å². The van der Waals surface area contributed by atoms with Gasteiger partial charge in [0.25, 0.3) is 0 Å². The van der Waals surface area contributed by atoms with Gasteiger partial charge in [-0.1, -0.05) is 0 Å². The molecule has 19 heavy (non-hydrogen) atoms. The van der Waals surface area contributed by atoms with Crippen molar-refractivity contribution < 1.29 is 4.79 Å². The van der Waals surface area contributed by atoms with Crippen molar-refractivity contribution >= 4 is 17.2 Å². The number of hydrogen-bond acceptors (Lipinski definition) is 4. The number of thiazole rings is 1. The number of carbonyl (C=O) groups excluding carboxylic acids is 1. The normalized spacial score (nSPS) is 12.4. The van der Waals surface area contributed by atoms with Gasteiger partial charge in [-0.15, -0.1) is 11.3 Å². The van der Waals surface area contributed by atoms with Gasteiger partial charge in [0.15, 0.2) is 0 Å². The van der Waals surface area contributed by atoms with Gasteiger partial charge in [-0.2, -0.15) is 0 Å². The summed E-state index contributed by atoms with van der Waals surface area (Å²) in [6.45, 7) is 8.09. The maximum Gasteiger partial charge on any atom is 0.240 e. The van der Waals surface area contributed by atoms with Gasteiger partial charge in [0.05, 0.1) is 18.1 Å². The van der Waals surface area contributed by atoms with Gasteiger partial charge < -0.3 is 9.88 Å². The number of nitrogens with one attached hydrogen (secondary N) is 1. The Bertz CT molecular complexity index is 587. The molecular weight excluding hydrogens is 260 g/mol. The number of amides is 1. The zero-order valence-corrected chi connectivity index (χ0v) is 12.4. The molecule has 0 spiro atoms. The van der Waals surface area contributed by atoms with Crippen LogP contribution in [0.3, 0.4) is 0 Å². The predicted octanol–water partition coefficient (Wildman–Crippen LogP) is 2.14. The van der Waals surface area contributed by atoms with E-state index in [1.165, 1.54) is 0 Å². The molecule has 0 aromatic carbocycles. The van der Waals surface area contributed by atoms with Crippen LogP contribution in [0.5, 0.6) is 0 Å². The summed E-state index contributed by atoms with van der Waals surface area (Å²) >= 11 is 1.57. The Labute approximate surface area is 116 Å². The number of imidazole rings is 1. The van der Waals surface area contributed by atoms with Crippen LogP contribution in [0.25, 0.3) is 0 Å². The molecule has 2 rings (SSSR count). The van der Waals surface area contributed by atoms with E-state index in [9.17, 15) is 4.79 Å². The molecule has 102 valence electrons. The van der Waals surface area contributed by atoms with Crippen LogP contribution < -0.4 is 5.32 Å². The highest BCUT2D eigenvalue weighted by atomic mass is 32.1. The van der Waals surface area contributed by atoms with E-state index < -0.39 is 0 Å². The first-order valence-electron chi connectivity index (χ1n) is 6.17. The van der Waals surface area contributed by atoms with Crippen LogP contribution in [-0.2, 0) is 11.3 Å². The van der Waals surface area contributed by atoms with E-state index in [0.29, 0.717) is 6.54 Å². The number of carbonyl (C=O) groups is 1. The Morgan fingerprint density at radius 1 is 1.47 bits per heavy atom. The molecular formula is C13H18N4OS. The molecule has 1 atom stereocenters. The van der Waals surface area contributed by atoms with Gasteiger partial charge in [0, 0.05) is 16.8 Å². The van der Waals surface area contributed by atoms with Crippen molar-refractivity contribution in [3.8, 4) is 0 Å². The monoisotopic (exact) mass is 278 g/mol. The van der Waals surface area contributed by atoms with Crippen molar-refractivity contribution in [1.29, 1.82) is 0 Å². The van der Waals surface area contributed by atoms with Crippen molar-refractivity contribution in [2.24, 2.45) is 0 Å². The van der Waals surface area contributed by atoms with Gasteiger partial charge in [-0.25, -0.2) is 9.97 Å². The molecule has 1 N–H and O–H groups in total. The van der Waals surface area contributed by atoms with Crippen molar-refractivity contribution in [2.45, 2.75) is 40.3 Å². The predicted molar refractivity (Wildman–Crippen MR) is 75.1 cm³/mol. The fourth-order valence-electron chi connectivity index (χ4n) is 1.78. The molecule has 0 radical (unpaired) electrons. The third-order valence-electron chi connectivity index (χ3n) is 3.04. The molecule has 0 aliphatic heterocycles. The highest BCUT2D eigenvalue weighted by Gasteiger charge is 2.13. The summed E-state index contributed by atoms with van der Waals surface area (Å²) in [6.07, 6.45) is 1.70. The zero-order chi connectivity index (χ0) is 14.0. The standard InChI is InChI=1S/C13H18N4OS/c1-8-6-19-13(15-8)10(3)16-12(18)5-17-7-14-9(2)11(17)4/h6-7,10H,5H2,1-4H3,(H,16,18)/t10-/m0/s1. The van der Waals surface area contributed by atoms with Gasteiger partial charge in [-0.3, -0.25) is 4.79 Å². The van der Waals surface area contributed by atoms with Crippen molar-refractivity contribution in [2.75, 3.05) is 0 Å². The van der Waals surface area contributed by atoms with E-state index in [1.807, 2.05) is 37.6 Å². The minimum Gasteiger partial charge on any atom is -0.346 e. The minimum absolute atomic E-state index is 0.0270. The minimum atomic E-state index is -0.0591. The van der Waals surface area contributed by atoms with Crippen LogP contribution in [0.1, 0.15) is 35.1 Å². The summed E-state index contributed by atoms with van der Waals surface area (Å²) < 4.78 is 1.85. The lowest BCUT2D eigenvalue weighted by Crippen LogP contribution is -2.30. The van der Waals surface area contributed by atoms with Crippen molar-refractivity contribution in [3.05, 3.63) is 33.8 Å². The Kier molecular flexibility index (Phi) is 3.99. The van der Waals surface area contributed by atoms with E-state index >= 15 is 0 Å². The molecule has 2 aromatic rings. The Morgan fingerprint density at radius 2 is 2.21 bits per heavy atom. The Hall–Kier alpha value is -1.69. The van der Waals surface area contributed by atoms with Crippen LogP contribution in [0.2, 0.25) is 0 Å². The highest BCUT2D eigenvalue weighted by Crippen LogP contribution is 2.17. The quantitative estimate of drug-likeness (QED) is 0.932. The van der Waals surface area contributed by atoms with Crippen LogP contribution >= 0.6 is 11.3 Å². The van der Waals surface area contributed by atoms with Crippen molar-refractivity contribution in [3.63, 3.8) is 0 Å². The van der Waals surface area contributed by atoms with Crippen LogP contribution in [0.4, 0.5) is 0 Å². The summed E-state index contributed by atoms with van der Waals surface area (Å²) in [5.74, 6) is -0.0270. The topological polar surface area (TPSA) is 59.8 Å². The molecule has 2 heterocycles. The maximum absolute atomic E-state index is 12.0. The highest BCUT2D eigenvalue weighted by molar-refractivity contribution is 7.09. The Morgan fingerprint density at radius 3 is 2.74 bits per heavy atom. The summed E-state index contributed by atoms with van der Waals surface area (Å²) in [7, 11) is 0. The van der Waals surface area contributed by atoms with Gasteiger partial charge in [0.1, 0.15) is 11.6 Å². The average molecular weight is 278 g/mol. The van der Waals surface area contributed by atoms with Crippen LogP contribution in [0, 0.1) is 20.8 Å². The number of hydrogen-bond donors (Lipinski definition) is 1. The molecule has 0 saturated heterocycles. The fraction of sp³-hybridized carbons (Fsp3) is 0.462. The zero-order valence-electron chi connectivity index (χ0n) is 11.6. The molecule has 0 aliphatic rings. The van der Waals surface area contributed by atoms with E-state index in [2.05, 4.69) is 15.3 Å². The molecule has 0 fully saturated rings. The number of aromatic nitrogens is 3. The Balaban J connectivity index is 1.96. The summed E-state index contributed by atoms with van der Waals surface area (Å²) in [5.41, 5.74) is 2.96. The van der Waals surface area contributed by atoms with Crippen LogP contribution in [-0.4, -0.2) is 20.4 Å². The third kappa shape index (κ3) is 3.20. The van der Waals surface area contributed by atoms with Gasteiger partial charge >= 0.3 is 0 Å². The number of nitrogens with zero attached hydrogens (tertiary/aromatic N) is 3. The largest absolute Gasteiger partial charge is 0.346 e. The second-order valence-electron chi connectivity index (χ2n) is 4.66. The molecule has 2 aromatic heterocycles. The third-order valence-corrected chi connectivity index (χ3v) is 4.19. The molecule has 0 bridgehead atoms. The fourth-order valence-corrected chi connectivity index (χ4v) is 2.58. The number of rotatable bonds is 4. The lowest BCUT2D eigenvalue weighted by molar-refractivity contribution is -0.122. The molecule has 0 saturated carbocycles. The summed E-state index contributed by atoms with van der Waals surface area (Å²) in [5, 5.41) is 5.88. The van der Waals surface area contributed by atoms with Gasteiger partial charge in [-0.05, 0) is 27.7 Å². The first-order valence-corrected chi connectivity index (χ1v) is 7.05. The second kappa shape index (κ2) is 5.52. The van der Waals surface area contributed by atoms with E-state index in [1.54, 1.807) is 17.7 Å². The van der Waals surface area contributed by atoms with Crippen molar-refractivity contribution in [1.82, 2.24) is 19.9 Å². The number of aryl methyl sites for hydroxylation is 2. The second-order valence-corrected chi connectivity index (χ2v) is 5.55. The average Bonchev–Trinajstić information content (AvgIpc) is 2.90. The molecule has 0 aliphatic carbocycles. The van der Waals surface area contributed by atoms with E-state index in [0.717, 1.165) is 22.1 Å². The van der Waals surface area contributed by atoms with Gasteiger partial charge in [0.2, 0.25) is 5.91 Å². The smallest absolute Gasteiger partial charge is 0.240 e. The van der Waals surface area contributed by atoms with E-state index in [4.69, 9.17) is 0 Å². The molecule has 6 heteroatoms. The SMILES string of the molecule is Cc1csc([C@H](C)NC(=O)Cn2cnc(C)c2C)n1. The summed E-state index contributed by atoms with van der Waals surface area (Å²) in [4.78, 5) is 20.5. The first-order chi connectivity index (χ1) is 8.97. The lowest BCUT2D eigenvalue weighted by atomic mass is 10.3. The first kappa shape index (κ1) is 13.7. The van der Waals surface area contributed by atoms with Crippen LogP contribution in [0.15, 0.2) is 11.7 Å². The molecule has 0 unspecified atom stereocenters. The maximum atomic E-state index is 12.0. The summed E-state index contributed by atoms with van der Waals surface area (Å²) in [6, 6.07) is -0.0591. The lowest BCUT2D eigenvalue weighted by Gasteiger charge is -2.12. The molecule has 5 nitrogen and oxygen atoms in total.